The molecule has 126 valence electrons. The number of aromatic nitrogens is 2. The highest BCUT2D eigenvalue weighted by Crippen LogP contribution is 2.15. The average molecular weight is 318 g/mol. The topological polar surface area (TPSA) is 55.8 Å². The predicted molar refractivity (Wildman–Crippen MR) is 90.8 cm³/mol. The van der Waals surface area contributed by atoms with E-state index < -0.39 is 0 Å². The van der Waals surface area contributed by atoms with Gasteiger partial charge in [-0.05, 0) is 18.6 Å². The number of amides is 1. The molecule has 0 aromatic carbocycles. The van der Waals surface area contributed by atoms with Crippen molar-refractivity contribution in [2.24, 2.45) is 0 Å². The highest BCUT2D eigenvalue weighted by molar-refractivity contribution is 5.78. The van der Waals surface area contributed by atoms with Crippen LogP contribution in [0.2, 0.25) is 0 Å². The summed E-state index contributed by atoms with van der Waals surface area (Å²) >= 11 is 0. The zero-order chi connectivity index (χ0) is 16.2. The molecule has 0 bridgehead atoms. The summed E-state index contributed by atoms with van der Waals surface area (Å²) < 4.78 is 0. The van der Waals surface area contributed by atoms with Gasteiger partial charge in [0.2, 0.25) is 5.91 Å². The molecule has 0 unspecified atom stereocenters. The minimum atomic E-state index is 0.319. The first-order valence-electron chi connectivity index (χ1n) is 8.39. The number of carbonyl (C=O) groups is 1. The number of likely N-dealkylation sites (tertiary alicyclic amines) is 1. The monoisotopic (exact) mass is 318 g/mol. The number of carbonyl (C=O) groups excluding carboxylic acids is 1. The van der Waals surface area contributed by atoms with E-state index >= 15 is 0 Å². The van der Waals surface area contributed by atoms with Crippen LogP contribution in [0.5, 0.6) is 0 Å². The van der Waals surface area contributed by atoms with Crippen LogP contribution in [-0.4, -0.2) is 85.8 Å². The largest absolute Gasteiger partial charge is 0.361 e. The molecule has 0 atom stereocenters. The summed E-state index contributed by atoms with van der Waals surface area (Å²) in [4.78, 5) is 20.3. The van der Waals surface area contributed by atoms with Gasteiger partial charge < -0.3 is 14.7 Å². The summed E-state index contributed by atoms with van der Waals surface area (Å²) in [7, 11) is 3.93. The lowest BCUT2D eigenvalue weighted by atomic mass is 10.3. The maximum atomic E-state index is 11.6. The van der Waals surface area contributed by atoms with Crippen LogP contribution in [0, 0.1) is 0 Å². The van der Waals surface area contributed by atoms with E-state index in [9.17, 15) is 4.79 Å². The van der Waals surface area contributed by atoms with Crippen molar-refractivity contribution < 1.29 is 4.79 Å². The molecule has 7 nitrogen and oxygen atoms in total. The molecule has 7 heteroatoms. The lowest BCUT2D eigenvalue weighted by Gasteiger charge is -2.35. The third kappa shape index (κ3) is 3.90. The van der Waals surface area contributed by atoms with Gasteiger partial charge in [-0.3, -0.25) is 9.69 Å². The first-order chi connectivity index (χ1) is 11.1. The molecule has 0 N–H and O–H groups in total. The quantitative estimate of drug-likeness (QED) is 0.778. The molecule has 1 amide bonds. The highest BCUT2D eigenvalue weighted by atomic mass is 16.2. The molecule has 2 saturated heterocycles. The van der Waals surface area contributed by atoms with E-state index in [-0.39, 0.29) is 0 Å². The Labute approximate surface area is 137 Å². The summed E-state index contributed by atoms with van der Waals surface area (Å²) in [6, 6.07) is 4.05. The molecule has 2 fully saturated rings. The Morgan fingerprint density at radius 3 is 2.39 bits per heavy atom. The van der Waals surface area contributed by atoms with Crippen LogP contribution in [0.1, 0.15) is 12.8 Å². The molecular formula is C16H26N6O. The normalized spacial score (nSPS) is 19.5. The molecule has 0 radical (unpaired) electrons. The molecule has 3 rings (SSSR count). The molecule has 0 saturated carbocycles. The summed E-state index contributed by atoms with van der Waals surface area (Å²) in [5.41, 5.74) is 0. The number of hydrogen-bond acceptors (Lipinski definition) is 6. The van der Waals surface area contributed by atoms with Crippen molar-refractivity contribution in [1.29, 1.82) is 0 Å². The van der Waals surface area contributed by atoms with Crippen LogP contribution in [0.4, 0.5) is 11.6 Å². The first-order valence-corrected chi connectivity index (χ1v) is 8.39. The molecule has 1 aromatic rings. The lowest BCUT2D eigenvalue weighted by molar-refractivity contribution is -0.127. The van der Waals surface area contributed by atoms with Crippen LogP contribution >= 0.6 is 0 Å². The summed E-state index contributed by atoms with van der Waals surface area (Å²) in [5, 5.41) is 8.58. The van der Waals surface area contributed by atoms with Gasteiger partial charge in [0.1, 0.15) is 0 Å². The summed E-state index contributed by atoms with van der Waals surface area (Å²) in [6.45, 7) is 6.74. The smallest absolute Gasteiger partial charge is 0.222 e. The molecule has 23 heavy (non-hydrogen) atoms. The maximum absolute atomic E-state index is 11.6. The van der Waals surface area contributed by atoms with Crippen LogP contribution in [-0.2, 0) is 4.79 Å². The van der Waals surface area contributed by atoms with Crippen molar-refractivity contribution in [2.45, 2.75) is 12.8 Å². The van der Waals surface area contributed by atoms with Crippen molar-refractivity contribution >= 4 is 17.5 Å². The fraction of sp³-hybridized carbons (Fsp3) is 0.688. The highest BCUT2D eigenvalue weighted by Gasteiger charge is 2.22. The fourth-order valence-corrected chi connectivity index (χ4v) is 3.13. The molecular weight excluding hydrogens is 292 g/mol. The van der Waals surface area contributed by atoms with Gasteiger partial charge in [0.15, 0.2) is 11.6 Å². The fourth-order valence-electron chi connectivity index (χ4n) is 3.13. The Balaban J connectivity index is 1.45. The van der Waals surface area contributed by atoms with E-state index in [0.717, 1.165) is 70.3 Å². The van der Waals surface area contributed by atoms with Gasteiger partial charge >= 0.3 is 0 Å². The SMILES string of the molecule is CN(C)c1ccc(N2CCN(CCN3CCCC3=O)CC2)nn1. The van der Waals surface area contributed by atoms with Gasteiger partial charge in [-0.2, -0.15) is 0 Å². The zero-order valence-corrected chi connectivity index (χ0v) is 14.1. The second-order valence-corrected chi connectivity index (χ2v) is 6.46. The Morgan fingerprint density at radius 2 is 1.83 bits per heavy atom. The van der Waals surface area contributed by atoms with Crippen LogP contribution < -0.4 is 9.80 Å². The van der Waals surface area contributed by atoms with Crippen molar-refractivity contribution in [3.05, 3.63) is 12.1 Å². The Hall–Kier alpha value is -1.89. The van der Waals surface area contributed by atoms with E-state index in [0.29, 0.717) is 5.91 Å². The minimum absolute atomic E-state index is 0.319. The minimum Gasteiger partial charge on any atom is -0.361 e. The van der Waals surface area contributed by atoms with Gasteiger partial charge in [-0.15, -0.1) is 10.2 Å². The van der Waals surface area contributed by atoms with Gasteiger partial charge in [-0.1, -0.05) is 0 Å². The lowest BCUT2D eigenvalue weighted by Crippen LogP contribution is -2.48. The van der Waals surface area contributed by atoms with Crippen molar-refractivity contribution in [2.75, 3.05) is 69.7 Å². The molecule has 1 aromatic heterocycles. The average Bonchev–Trinajstić information content (AvgIpc) is 2.99. The number of nitrogens with zero attached hydrogens (tertiary/aromatic N) is 6. The second-order valence-electron chi connectivity index (χ2n) is 6.46. The number of rotatable bonds is 5. The number of anilines is 2. The van der Waals surface area contributed by atoms with E-state index in [2.05, 4.69) is 20.0 Å². The van der Waals surface area contributed by atoms with Crippen LogP contribution in [0.15, 0.2) is 12.1 Å². The third-order valence-electron chi connectivity index (χ3n) is 4.65. The Bertz CT molecular complexity index is 524. The summed E-state index contributed by atoms with van der Waals surface area (Å²) in [6.07, 6.45) is 1.75. The van der Waals surface area contributed by atoms with E-state index in [1.807, 2.05) is 36.0 Å². The molecule has 3 heterocycles. The standard InChI is InChI=1S/C16H26N6O/c1-19(2)14-5-6-15(18-17-14)21-11-8-20(9-12-21)10-13-22-7-3-4-16(22)23/h5-6H,3-4,7-13H2,1-2H3. The van der Waals surface area contributed by atoms with E-state index in [4.69, 9.17) is 0 Å². The first kappa shape index (κ1) is 16.0. The molecule has 2 aliphatic heterocycles. The van der Waals surface area contributed by atoms with Crippen molar-refractivity contribution in [1.82, 2.24) is 20.0 Å². The van der Waals surface area contributed by atoms with Gasteiger partial charge in [0.25, 0.3) is 0 Å². The predicted octanol–water partition coefficient (Wildman–Crippen LogP) is 0.287. The van der Waals surface area contributed by atoms with Gasteiger partial charge in [-0.25, -0.2) is 0 Å². The van der Waals surface area contributed by atoms with E-state index in [1.165, 1.54) is 0 Å². The number of piperazine rings is 1. The third-order valence-corrected chi connectivity index (χ3v) is 4.65. The number of hydrogen-bond donors (Lipinski definition) is 0. The van der Waals surface area contributed by atoms with Crippen molar-refractivity contribution in [3.63, 3.8) is 0 Å². The zero-order valence-electron chi connectivity index (χ0n) is 14.1. The molecule has 2 aliphatic rings. The van der Waals surface area contributed by atoms with Crippen LogP contribution in [0.25, 0.3) is 0 Å². The van der Waals surface area contributed by atoms with Crippen molar-refractivity contribution in [3.8, 4) is 0 Å². The molecule has 0 spiro atoms. The summed E-state index contributed by atoms with van der Waals surface area (Å²) in [5.74, 6) is 2.15. The van der Waals surface area contributed by atoms with Gasteiger partial charge in [0.05, 0.1) is 0 Å². The molecule has 0 aliphatic carbocycles. The second kappa shape index (κ2) is 7.12. The van der Waals surface area contributed by atoms with E-state index in [1.54, 1.807) is 0 Å². The van der Waals surface area contributed by atoms with Gasteiger partial charge in [0, 0.05) is 66.3 Å². The Morgan fingerprint density at radius 1 is 1.04 bits per heavy atom. The van der Waals surface area contributed by atoms with Crippen LogP contribution in [0.3, 0.4) is 0 Å². The Kier molecular flexibility index (Phi) is 4.95. The maximum Gasteiger partial charge on any atom is 0.222 e.